The lowest BCUT2D eigenvalue weighted by Gasteiger charge is -2.38. The lowest BCUT2D eigenvalue weighted by molar-refractivity contribution is 0.0472. The number of rotatable bonds is 5. The van der Waals surface area contributed by atoms with E-state index >= 15 is 0 Å². The molecular weight excluding hydrogens is 323 g/mol. The molecule has 1 N–H and O–H groups in total. The molecule has 1 fully saturated rings. The summed E-state index contributed by atoms with van der Waals surface area (Å²) < 4.78 is 15.2. The monoisotopic (exact) mass is 346 g/mol. The first-order chi connectivity index (χ1) is 12.1. The Balaban J connectivity index is 1.66. The average Bonchev–Trinajstić information content (AvgIpc) is 3.13. The number of aliphatic hydroxyl groups excluding tert-OH is 1. The number of amides is 1. The van der Waals surface area contributed by atoms with Gasteiger partial charge in [-0.05, 0) is 18.6 Å². The van der Waals surface area contributed by atoms with Crippen molar-refractivity contribution in [3.05, 3.63) is 48.0 Å². The first-order valence-electron chi connectivity index (χ1n) is 8.57. The van der Waals surface area contributed by atoms with Gasteiger partial charge in [-0.15, -0.1) is 0 Å². The van der Waals surface area contributed by atoms with Gasteiger partial charge >= 0.3 is 0 Å². The van der Waals surface area contributed by atoms with Gasteiger partial charge in [0, 0.05) is 38.4 Å². The second-order valence-corrected chi connectivity index (χ2v) is 6.20. The molecule has 0 bridgehead atoms. The molecule has 134 valence electrons. The van der Waals surface area contributed by atoms with Crippen LogP contribution in [0.1, 0.15) is 23.7 Å². The summed E-state index contributed by atoms with van der Waals surface area (Å²) in [5.41, 5.74) is 0.769. The van der Waals surface area contributed by atoms with Crippen molar-refractivity contribution < 1.29 is 14.3 Å². The number of aliphatic hydroxyl groups is 1. The van der Waals surface area contributed by atoms with E-state index in [9.17, 15) is 14.3 Å². The summed E-state index contributed by atoms with van der Waals surface area (Å²) in [6.45, 7) is 4.90. The van der Waals surface area contributed by atoms with E-state index < -0.39 is 0 Å². The summed E-state index contributed by atoms with van der Waals surface area (Å²) >= 11 is 0. The van der Waals surface area contributed by atoms with Crippen molar-refractivity contribution in [2.24, 2.45) is 0 Å². The van der Waals surface area contributed by atoms with Crippen LogP contribution >= 0.6 is 0 Å². The van der Waals surface area contributed by atoms with E-state index in [1.54, 1.807) is 29.3 Å². The number of benzene rings is 1. The number of halogens is 1. The third-order valence-electron chi connectivity index (χ3n) is 4.73. The van der Waals surface area contributed by atoms with Gasteiger partial charge in [0.25, 0.3) is 5.91 Å². The van der Waals surface area contributed by atoms with Gasteiger partial charge < -0.3 is 10.0 Å². The molecule has 1 aliphatic rings. The normalized spacial score (nSPS) is 16.8. The molecule has 1 aromatic carbocycles. The van der Waals surface area contributed by atoms with Crippen LogP contribution in [0.15, 0.2) is 36.7 Å². The standard InChI is InChI=1S/C18H23FN4O2/c1-2-15(13-24)21-7-9-22(10-8-21)18(25)14-11-20-23(12-14)17-6-4-3-5-16(17)19/h3-6,11-12,15,24H,2,7-10,13H2,1H3. The van der Waals surface area contributed by atoms with Crippen LogP contribution < -0.4 is 0 Å². The molecule has 25 heavy (non-hydrogen) atoms. The first kappa shape index (κ1) is 17.6. The van der Waals surface area contributed by atoms with Crippen molar-refractivity contribution in [2.75, 3.05) is 32.8 Å². The Kier molecular flexibility index (Phi) is 5.45. The Morgan fingerprint density at radius 1 is 1.28 bits per heavy atom. The molecule has 0 aliphatic carbocycles. The lowest BCUT2D eigenvalue weighted by Crippen LogP contribution is -2.52. The number of hydrogen-bond acceptors (Lipinski definition) is 4. The third-order valence-corrected chi connectivity index (χ3v) is 4.73. The first-order valence-corrected chi connectivity index (χ1v) is 8.57. The predicted octanol–water partition coefficient (Wildman–Crippen LogP) is 1.54. The van der Waals surface area contributed by atoms with Crippen LogP contribution in [0, 0.1) is 5.82 Å². The minimum absolute atomic E-state index is 0.0979. The maximum absolute atomic E-state index is 13.8. The minimum atomic E-state index is -0.382. The molecule has 0 radical (unpaired) electrons. The van der Waals surface area contributed by atoms with Crippen LogP contribution in [0.4, 0.5) is 4.39 Å². The van der Waals surface area contributed by atoms with Crippen LogP contribution in [0.2, 0.25) is 0 Å². The fourth-order valence-electron chi connectivity index (χ4n) is 3.18. The molecule has 0 saturated carbocycles. The highest BCUT2D eigenvalue weighted by Crippen LogP contribution is 2.15. The van der Waals surface area contributed by atoms with E-state index in [0.717, 1.165) is 19.5 Å². The Labute approximate surface area is 146 Å². The van der Waals surface area contributed by atoms with E-state index in [-0.39, 0.29) is 24.4 Å². The summed E-state index contributed by atoms with van der Waals surface area (Å²) in [4.78, 5) is 16.7. The molecule has 1 aromatic heterocycles. The highest BCUT2D eigenvalue weighted by Gasteiger charge is 2.26. The van der Waals surface area contributed by atoms with Gasteiger partial charge in [0.1, 0.15) is 11.5 Å². The van der Waals surface area contributed by atoms with Crippen molar-refractivity contribution in [3.63, 3.8) is 0 Å². The molecule has 2 heterocycles. The number of nitrogens with zero attached hydrogens (tertiary/aromatic N) is 4. The SMILES string of the molecule is CCC(CO)N1CCN(C(=O)c2cnn(-c3ccccc3F)c2)CC1. The molecule has 1 unspecified atom stereocenters. The highest BCUT2D eigenvalue weighted by molar-refractivity contribution is 5.93. The van der Waals surface area contributed by atoms with E-state index in [4.69, 9.17) is 0 Å². The Bertz CT molecular complexity index is 721. The van der Waals surface area contributed by atoms with Crippen molar-refractivity contribution >= 4 is 5.91 Å². The number of carbonyl (C=O) groups excluding carboxylic acids is 1. The summed E-state index contributed by atoms with van der Waals surface area (Å²) in [6, 6.07) is 6.48. The number of para-hydroxylation sites is 1. The van der Waals surface area contributed by atoms with E-state index in [1.165, 1.54) is 16.9 Å². The molecule has 1 atom stereocenters. The maximum Gasteiger partial charge on any atom is 0.257 e. The zero-order chi connectivity index (χ0) is 17.8. The number of hydrogen-bond donors (Lipinski definition) is 1. The summed E-state index contributed by atoms with van der Waals surface area (Å²) in [5, 5.41) is 13.5. The van der Waals surface area contributed by atoms with E-state index in [2.05, 4.69) is 16.9 Å². The second kappa shape index (κ2) is 7.76. The van der Waals surface area contributed by atoms with E-state index in [0.29, 0.717) is 24.3 Å². The van der Waals surface area contributed by atoms with Crippen LogP contribution in [-0.2, 0) is 0 Å². The fraction of sp³-hybridized carbons (Fsp3) is 0.444. The van der Waals surface area contributed by atoms with Gasteiger partial charge in [0.15, 0.2) is 0 Å². The van der Waals surface area contributed by atoms with Gasteiger partial charge in [-0.2, -0.15) is 5.10 Å². The zero-order valence-electron chi connectivity index (χ0n) is 14.3. The third kappa shape index (κ3) is 3.72. The molecule has 2 aromatic rings. The zero-order valence-corrected chi connectivity index (χ0v) is 14.3. The van der Waals surface area contributed by atoms with Gasteiger partial charge in [-0.1, -0.05) is 19.1 Å². The predicted molar refractivity (Wildman–Crippen MR) is 92.2 cm³/mol. The molecule has 3 rings (SSSR count). The Morgan fingerprint density at radius 2 is 2.00 bits per heavy atom. The average molecular weight is 346 g/mol. The van der Waals surface area contributed by atoms with Gasteiger partial charge in [0.05, 0.1) is 18.4 Å². The number of carbonyl (C=O) groups is 1. The van der Waals surface area contributed by atoms with Crippen molar-refractivity contribution in [1.29, 1.82) is 0 Å². The van der Waals surface area contributed by atoms with Gasteiger partial charge in [0.2, 0.25) is 0 Å². The smallest absolute Gasteiger partial charge is 0.257 e. The molecule has 1 saturated heterocycles. The quantitative estimate of drug-likeness (QED) is 0.892. The molecular formula is C18H23FN4O2. The summed E-state index contributed by atoms with van der Waals surface area (Å²) in [6.07, 6.45) is 3.93. The van der Waals surface area contributed by atoms with Crippen LogP contribution in [0.25, 0.3) is 5.69 Å². The van der Waals surface area contributed by atoms with Crippen molar-refractivity contribution in [2.45, 2.75) is 19.4 Å². The highest BCUT2D eigenvalue weighted by atomic mass is 19.1. The number of piperazine rings is 1. The topological polar surface area (TPSA) is 61.6 Å². The molecule has 0 spiro atoms. The van der Waals surface area contributed by atoms with Gasteiger partial charge in [-0.3, -0.25) is 9.69 Å². The number of aromatic nitrogens is 2. The van der Waals surface area contributed by atoms with Crippen molar-refractivity contribution in [1.82, 2.24) is 19.6 Å². The summed E-state index contributed by atoms with van der Waals surface area (Å²) in [5.74, 6) is -0.480. The second-order valence-electron chi connectivity index (χ2n) is 6.20. The van der Waals surface area contributed by atoms with Crippen molar-refractivity contribution in [3.8, 4) is 5.69 Å². The summed E-state index contributed by atoms with van der Waals surface area (Å²) in [7, 11) is 0. The van der Waals surface area contributed by atoms with Crippen LogP contribution in [0.5, 0.6) is 0 Å². The Hall–Kier alpha value is -2.25. The largest absolute Gasteiger partial charge is 0.395 e. The molecule has 7 heteroatoms. The van der Waals surface area contributed by atoms with Crippen LogP contribution in [-0.4, -0.2) is 69.4 Å². The Morgan fingerprint density at radius 3 is 2.64 bits per heavy atom. The molecule has 6 nitrogen and oxygen atoms in total. The van der Waals surface area contributed by atoms with Crippen LogP contribution in [0.3, 0.4) is 0 Å². The lowest BCUT2D eigenvalue weighted by atomic mass is 10.1. The molecule has 1 aliphatic heterocycles. The maximum atomic E-state index is 13.8. The minimum Gasteiger partial charge on any atom is -0.395 e. The van der Waals surface area contributed by atoms with E-state index in [1.807, 2.05) is 0 Å². The molecule has 1 amide bonds. The van der Waals surface area contributed by atoms with Gasteiger partial charge in [-0.25, -0.2) is 9.07 Å². The fourth-order valence-corrected chi connectivity index (χ4v) is 3.18.